The summed E-state index contributed by atoms with van der Waals surface area (Å²) in [6.45, 7) is 4.78. The van der Waals surface area contributed by atoms with Crippen LogP contribution in [0.5, 0.6) is 5.75 Å². The highest BCUT2D eigenvalue weighted by Gasteiger charge is 2.41. The smallest absolute Gasteiger partial charge is 0.325 e. The van der Waals surface area contributed by atoms with E-state index in [0.29, 0.717) is 28.1 Å². The quantitative estimate of drug-likeness (QED) is 0.184. The van der Waals surface area contributed by atoms with E-state index in [0.717, 1.165) is 42.3 Å². The zero-order chi connectivity index (χ0) is 29.2. The Bertz CT molecular complexity index is 2040. The van der Waals surface area contributed by atoms with Gasteiger partial charge in [-0.1, -0.05) is 48.9 Å². The number of hydrogen-bond acceptors (Lipinski definition) is 7. The van der Waals surface area contributed by atoms with Crippen molar-refractivity contribution < 1.29 is 14.3 Å². The summed E-state index contributed by atoms with van der Waals surface area (Å²) in [6, 6.07) is 20.5. The molecule has 0 atom stereocenters. The average molecular weight is 616 g/mol. The van der Waals surface area contributed by atoms with Gasteiger partial charge in [0.1, 0.15) is 16.6 Å². The Labute approximate surface area is 253 Å². The molecule has 1 aliphatic rings. The van der Waals surface area contributed by atoms with Crippen LogP contribution in [0.1, 0.15) is 19.4 Å². The van der Waals surface area contributed by atoms with Gasteiger partial charge in [0.25, 0.3) is 0 Å². The van der Waals surface area contributed by atoms with Crippen molar-refractivity contribution >= 4 is 82.9 Å². The van der Waals surface area contributed by atoms with Gasteiger partial charge in [0, 0.05) is 22.5 Å². The predicted octanol–water partition coefficient (Wildman–Crippen LogP) is 9.14. The number of para-hydroxylation sites is 2. The first kappa shape index (κ1) is 26.6. The molecule has 2 aromatic heterocycles. The Balaban J connectivity index is 1.24. The Kier molecular flexibility index (Phi) is 6.30. The number of halogens is 2. The molecular weight excluding hydrogens is 593 g/mol. The third kappa shape index (κ3) is 4.61. The number of phenolic OH excluding ortho intramolecular Hbond substituents is 1. The fourth-order valence-corrected chi connectivity index (χ4v) is 7.67. The fourth-order valence-electron chi connectivity index (χ4n) is 5.51. The summed E-state index contributed by atoms with van der Waals surface area (Å²) in [5.74, 6) is -0.181. The van der Waals surface area contributed by atoms with Gasteiger partial charge >= 0.3 is 6.03 Å². The number of rotatable bonds is 4. The lowest BCUT2D eigenvalue weighted by molar-refractivity contribution is 0.262. The lowest BCUT2D eigenvalue weighted by Crippen LogP contribution is -2.27. The van der Waals surface area contributed by atoms with Crippen molar-refractivity contribution in [3.05, 3.63) is 89.2 Å². The summed E-state index contributed by atoms with van der Waals surface area (Å²) >= 11 is 8.85. The number of thiazole rings is 2. The van der Waals surface area contributed by atoms with E-state index in [-0.39, 0.29) is 17.0 Å². The van der Waals surface area contributed by atoms with Gasteiger partial charge in [-0.15, -0.1) is 11.3 Å². The molecule has 7 nitrogen and oxygen atoms in total. The second-order valence-electron chi connectivity index (χ2n) is 10.7. The molecule has 0 unspecified atom stereocenters. The van der Waals surface area contributed by atoms with Gasteiger partial charge in [0.05, 0.1) is 37.5 Å². The third-order valence-corrected chi connectivity index (χ3v) is 9.47. The van der Waals surface area contributed by atoms with Crippen molar-refractivity contribution in [3.8, 4) is 16.3 Å². The normalized spacial score (nSPS) is 14.0. The van der Waals surface area contributed by atoms with E-state index in [1.165, 1.54) is 34.8 Å². The minimum atomic E-state index is -0.439. The minimum absolute atomic E-state index is 0.124. The third-order valence-electron chi connectivity index (χ3n) is 7.25. The Morgan fingerprint density at radius 3 is 2.60 bits per heavy atom. The molecule has 4 aromatic carbocycles. The van der Waals surface area contributed by atoms with Crippen molar-refractivity contribution in [2.75, 3.05) is 22.1 Å². The van der Waals surface area contributed by atoms with E-state index < -0.39 is 6.03 Å². The molecule has 11 heteroatoms. The molecule has 1 aliphatic heterocycles. The van der Waals surface area contributed by atoms with E-state index in [1.807, 2.05) is 47.4 Å². The Morgan fingerprint density at radius 1 is 0.976 bits per heavy atom. The first-order chi connectivity index (χ1) is 20.2. The minimum Gasteiger partial charge on any atom is -0.506 e. The second kappa shape index (κ2) is 9.94. The van der Waals surface area contributed by atoms with Crippen molar-refractivity contribution in [3.63, 3.8) is 0 Å². The van der Waals surface area contributed by atoms with E-state index in [4.69, 9.17) is 16.6 Å². The summed E-state index contributed by atoms with van der Waals surface area (Å²) < 4.78 is 15.5. The van der Waals surface area contributed by atoms with E-state index in [2.05, 4.69) is 29.5 Å². The Morgan fingerprint density at radius 2 is 1.74 bits per heavy atom. The molecule has 7 rings (SSSR count). The van der Waals surface area contributed by atoms with Crippen LogP contribution in [0.15, 0.2) is 72.8 Å². The fraction of sp³-hybridized carbons (Fsp3) is 0.129. The molecule has 0 fully saturated rings. The van der Waals surface area contributed by atoms with E-state index in [1.54, 1.807) is 18.2 Å². The van der Waals surface area contributed by atoms with Crippen molar-refractivity contribution in [2.24, 2.45) is 0 Å². The van der Waals surface area contributed by atoms with Crippen LogP contribution in [0.2, 0.25) is 5.02 Å². The molecule has 0 saturated carbocycles. The van der Waals surface area contributed by atoms with E-state index in [9.17, 15) is 14.3 Å². The number of carbonyl (C=O) groups is 1. The highest BCUT2D eigenvalue weighted by Crippen LogP contribution is 2.54. The first-order valence-corrected chi connectivity index (χ1v) is 15.1. The second-order valence-corrected chi connectivity index (χ2v) is 13.2. The summed E-state index contributed by atoms with van der Waals surface area (Å²) in [4.78, 5) is 24.4. The monoisotopic (exact) mass is 615 g/mol. The molecule has 0 saturated heterocycles. The topological polar surface area (TPSA) is 90.4 Å². The first-order valence-electron chi connectivity index (χ1n) is 13.1. The van der Waals surface area contributed by atoms with Crippen LogP contribution in [-0.2, 0) is 5.41 Å². The van der Waals surface area contributed by atoms with Crippen LogP contribution in [0, 0.1) is 5.82 Å². The molecular formula is C31H23ClFN5O2S2. The average Bonchev–Trinajstić information content (AvgIpc) is 3.62. The highest BCUT2D eigenvalue weighted by atomic mass is 35.5. The van der Waals surface area contributed by atoms with Crippen LogP contribution in [0.25, 0.3) is 31.0 Å². The van der Waals surface area contributed by atoms with Crippen LogP contribution >= 0.6 is 34.3 Å². The van der Waals surface area contributed by atoms with Crippen LogP contribution in [0.3, 0.4) is 0 Å². The number of benzene rings is 4. The molecule has 0 radical (unpaired) electrons. The molecule has 42 heavy (non-hydrogen) atoms. The largest absolute Gasteiger partial charge is 0.506 e. The lowest BCUT2D eigenvalue weighted by Gasteiger charge is -2.25. The number of anilines is 4. The summed E-state index contributed by atoms with van der Waals surface area (Å²) in [7, 11) is 0. The zero-order valence-electron chi connectivity index (χ0n) is 22.4. The maximum absolute atomic E-state index is 13.9. The zero-order valence-corrected chi connectivity index (χ0v) is 24.8. The summed E-state index contributed by atoms with van der Waals surface area (Å²) in [6.07, 6.45) is 0. The van der Waals surface area contributed by atoms with Crippen molar-refractivity contribution in [1.29, 1.82) is 0 Å². The van der Waals surface area contributed by atoms with Gasteiger partial charge in [0.2, 0.25) is 0 Å². The van der Waals surface area contributed by atoms with Crippen LogP contribution in [0.4, 0.5) is 31.4 Å². The molecule has 0 spiro atoms. The molecule has 3 heterocycles. The number of amides is 2. The maximum atomic E-state index is 13.9. The van der Waals surface area contributed by atoms with Gasteiger partial charge < -0.3 is 15.3 Å². The molecule has 3 N–H and O–H groups in total. The number of aromatic nitrogens is 2. The number of aromatic hydroxyl groups is 1. The number of hydrogen-bond donors (Lipinski definition) is 3. The van der Waals surface area contributed by atoms with Gasteiger partial charge in [-0.2, -0.15) is 0 Å². The van der Waals surface area contributed by atoms with Gasteiger partial charge in [-0.25, -0.2) is 19.2 Å². The van der Waals surface area contributed by atoms with Gasteiger partial charge in [0.15, 0.2) is 5.13 Å². The summed E-state index contributed by atoms with van der Waals surface area (Å²) in [5, 5.41) is 18.8. The molecule has 0 aliphatic carbocycles. The molecule has 2 amide bonds. The van der Waals surface area contributed by atoms with Crippen LogP contribution in [-0.4, -0.2) is 27.7 Å². The number of phenols is 1. The summed E-state index contributed by atoms with van der Waals surface area (Å²) in [5.41, 5.74) is 4.87. The Hall–Kier alpha value is -4.25. The highest BCUT2D eigenvalue weighted by molar-refractivity contribution is 7.22. The maximum Gasteiger partial charge on any atom is 0.325 e. The number of nitrogens with zero attached hydrogens (tertiary/aromatic N) is 3. The lowest BCUT2D eigenvalue weighted by atomic mass is 9.83. The van der Waals surface area contributed by atoms with Crippen molar-refractivity contribution in [1.82, 2.24) is 9.97 Å². The molecule has 210 valence electrons. The number of nitrogens with one attached hydrogen (secondary N) is 2. The van der Waals surface area contributed by atoms with Crippen LogP contribution < -0.4 is 15.5 Å². The van der Waals surface area contributed by atoms with Crippen molar-refractivity contribution in [2.45, 2.75) is 19.3 Å². The number of carbonyl (C=O) groups excluding carboxylic acids is 1. The standard InChI is InChI=1S/C31H23ClFN5O2S2/c1-31(2)15-38(27-23(39)12-9-18(26(27)31)28-34-20-11-8-17(33)14-25(20)41-28)22-6-4-3-5-19(22)35-29(40)37-30-36-21-10-7-16(32)13-24(21)42-30/h3-14,39H,15H2,1-2H3,(H2,35,36,37,40). The number of urea groups is 1. The van der Waals surface area contributed by atoms with Gasteiger partial charge in [-0.3, -0.25) is 5.32 Å². The van der Waals surface area contributed by atoms with Gasteiger partial charge in [-0.05, 0) is 66.2 Å². The molecule has 6 aromatic rings. The van der Waals surface area contributed by atoms with E-state index >= 15 is 0 Å². The SMILES string of the molecule is CC1(C)CN(c2ccccc2NC(=O)Nc2nc3ccc(Cl)cc3s2)c2c(O)ccc(-c3nc4ccc(F)cc4s3)c21. The molecule has 0 bridgehead atoms. The predicted molar refractivity (Wildman–Crippen MR) is 170 cm³/mol. The number of fused-ring (bicyclic) bond motifs is 3.